The van der Waals surface area contributed by atoms with Crippen molar-refractivity contribution in [3.05, 3.63) is 63.7 Å². The standard InChI is InChI=1S/C24H32O5/c1-27-15-16-28-14-8-13-20-17-21(25)23(24(26)29-20)22(18-9-4-2-5-10-18)19-11-6-3-7-12-19/h2,4-5,9-10,17,19,22,25H,3,6-8,11-16H2,1H3. The Bertz CT molecular complexity index is 793. The molecular formula is C24H32O5. The molecule has 1 fully saturated rings. The number of aromatic hydroxyl groups is 1. The zero-order valence-corrected chi connectivity index (χ0v) is 17.3. The van der Waals surface area contributed by atoms with E-state index in [2.05, 4.69) is 0 Å². The minimum Gasteiger partial charge on any atom is -0.507 e. The fraction of sp³-hybridized carbons (Fsp3) is 0.542. The van der Waals surface area contributed by atoms with Crippen LogP contribution in [0.5, 0.6) is 5.75 Å². The molecule has 1 aromatic carbocycles. The topological polar surface area (TPSA) is 68.9 Å². The molecular weight excluding hydrogens is 368 g/mol. The highest BCUT2D eigenvalue weighted by atomic mass is 16.5. The van der Waals surface area contributed by atoms with Crippen molar-refractivity contribution in [1.29, 1.82) is 0 Å². The predicted molar refractivity (Wildman–Crippen MR) is 113 cm³/mol. The molecule has 0 amide bonds. The van der Waals surface area contributed by atoms with E-state index in [1.54, 1.807) is 13.2 Å². The first-order valence-corrected chi connectivity index (χ1v) is 10.7. The van der Waals surface area contributed by atoms with Crippen LogP contribution in [0.3, 0.4) is 0 Å². The molecule has 1 N–H and O–H groups in total. The van der Waals surface area contributed by atoms with Crippen molar-refractivity contribution >= 4 is 0 Å². The predicted octanol–water partition coefficient (Wildman–Crippen LogP) is 4.65. The van der Waals surface area contributed by atoms with Crippen LogP contribution in [0.1, 0.15) is 61.3 Å². The first-order chi connectivity index (χ1) is 14.2. The first kappa shape index (κ1) is 21.6. The van der Waals surface area contributed by atoms with E-state index in [4.69, 9.17) is 13.9 Å². The molecule has 0 saturated heterocycles. The zero-order valence-electron chi connectivity index (χ0n) is 17.3. The average Bonchev–Trinajstić information content (AvgIpc) is 2.74. The zero-order chi connectivity index (χ0) is 20.5. The summed E-state index contributed by atoms with van der Waals surface area (Å²) in [6, 6.07) is 11.7. The van der Waals surface area contributed by atoms with Gasteiger partial charge in [0.15, 0.2) is 0 Å². The summed E-state index contributed by atoms with van der Waals surface area (Å²) in [5.74, 6) is 0.775. The second kappa shape index (κ2) is 11.2. The molecule has 0 spiro atoms. The Hall–Kier alpha value is -2.11. The summed E-state index contributed by atoms with van der Waals surface area (Å²) in [6.45, 7) is 1.67. The maximum atomic E-state index is 12.9. The van der Waals surface area contributed by atoms with E-state index >= 15 is 0 Å². The Morgan fingerprint density at radius 1 is 1.10 bits per heavy atom. The fourth-order valence-corrected chi connectivity index (χ4v) is 4.34. The minimum absolute atomic E-state index is 0.0518. The number of hydrogen-bond donors (Lipinski definition) is 1. The van der Waals surface area contributed by atoms with E-state index in [1.807, 2.05) is 30.3 Å². The van der Waals surface area contributed by atoms with E-state index in [9.17, 15) is 9.90 Å². The Balaban J connectivity index is 1.78. The third kappa shape index (κ3) is 5.94. The quantitative estimate of drug-likeness (QED) is 0.588. The molecule has 5 nitrogen and oxygen atoms in total. The maximum Gasteiger partial charge on any atom is 0.343 e. The van der Waals surface area contributed by atoms with Gasteiger partial charge in [0, 0.05) is 32.1 Å². The average molecular weight is 401 g/mol. The fourth-order valence-electron chi connectivity index (χ4n) is 4.34. The molecule has 1 heterocycles. The Morgan fingerprint density at radius 3 is 2.55 bits per heavy atom. The highest BCUT2D eigenvalue weighted by Gasteiger charge is 2.31. The lowest BCUT2D eigenvalue weighted by molar-refractivity contribution is 0.0690. The van der Waals surface area contributed by atoms with Gasteiger partial charge in [-0.05, 0) is 30.7 Å². The van der Waals surface area contributed by atoms with Crippen LogP contribution in [0.4, 0.5) is 0 Å². The van der Waals surface area contributed by atoms with Gasteiger partial charge in [-0.2, -0.15) is 0 Å². The maximum absolute atomic E-state index is 12.9. The van der Waals surface area contributed by atoms with Gasteiger partial charge in [-0.15, -0.1) is 0 Å². The van der Waals surface area contributed by atoms with Crippen LogP contribution >= 0.6 is 0 Å². The Morgan fingerprint density at radius 2 is 1.86 bits per heavy atom. The molecule has 0 radical (unpaired) electrons. The number of benzene rings is 1. The van der Waals surface area contributed by atoms with Crippen LogP contribution in [0.25, 0.3) is 0 Å². The third-order valence-electron chi connectivity index (χ3n) is 5.75. The normalized spacial score (nSPS) is 16.0. The third-order valence-corrected chi connectivity index (χ3v) is 5.75. The van der Waals surface area contributed by atoms with Gasteiger partial charge >= 0.3 is 5.63 Å². The van der Waals surface area contributed by atoms with Gasteiger partial charge in [0.2, 0.25) is 0 Å². The lowest BCUT2D eigenvalue weighted by atomic mass is 9.74. The molecule has 0 bridgehead atoms. The summed E-state index contributed by atoms with van der Waals surface area (Å²) in [7, 11) is 1.64. The van der Waals surface area contributed by atoms with Crippen molar-refractivity contribution < 1.29 is 19.0 Å². The first-order valence-electron chi connectivity index (χ1n) is 10.7. The lowest BCUT2D eigenvalue weighted by Crippen LogP contribution is -2.23. The van der Waals surface area contributed by atoms with E-state index < -0.39 is 5.63 Å². The van der Waals surface area contributed by atoms with Crippen molar-refractivity contribution in [2.75, 3.05) is 26.9 Å². The van der Waals surface area contributed by atoms with Crippen molar-refractivity contribution in [3.63, 3.8) is 0 Å². The second-order valence-electron chi connectivity index (χ2n) is 7.79. The SMILES string of the molecule is COCCOCCCc1cc(O)c(C(c2ccccc2)C2CCCCC2)c(=O)o1. The van der Waals surface area contributed by atoms with Crippen LogP contribution in [0, 0.1) is 5.92 Å². The van der Waals surface area contributed by atoms with Gasteiger partial charge in [0.25, 0.3) is 0 Å². The molecule has 5 heteroatoms. The molecule has 29 heavy (non-hydrogen) atoms. The number of methoxy groups -OCH3 is 1. The number of ether oxygens (including phenoxy) is 2. The van der Waals surface area contributed by atoms with Gasteiger partial charge in [-0.1, -0.05) is 49.6 Å². The van der Waals surface area contributed by atoms with Crippen LogP contribution in [0.2, 0.25) is 0 Å². The van der Waals surface area contributed by atoms with Gasteiger partial charge in [0.1, 0.15) is 11.5 Å². The van der Waals surface area contributed by atoms with Crippen LogP contribution < -0.4 is 5.63 Å². The molecule has 1 saturated carbocycles. The molecule has 158 valence electrons. The second-order valence-corrected chi connectivity index (χ2v) is 7.79. The summed E-state index contributed by atoms with van der Waals surface area (Å²) in [6.07, 6.45) is 6.98. The molecule has 3 rings (SSSR count). The Labute approximate surface area is 172 Å². The summed E-state index contributed by atoms with van der Waals surface area (Å²) >= 11 is 0. The van der Waals surface area contributed by atoms with Gasteiger partial charge in [-0.25, -0.2) is 4.79 Å². The lowest BCUT2D eigenvalue weighted by Gasteiger charge is -2.30. The smallest absolute Gasteiger partial charge is 0.343 e. The van der Waals surface area contributed by atoms with Crippen LogP contribution in [-0.4, -0.2) is 32.0 Å². The minimum atomic E-state index is -0.417. The van der Waals surface area contributed by atoms with Crippen molar-refractivity contribution in [2.24, 2.45) is 5.92 Å². The molecule has 1 atom stereocenters. The number of hydrogen-bond acceptors (Lipinski definition) is 5. The van der Waals surface area contributed by atoms with E-state index in [-0.39, 0.29) is 11.7 Å². The molecule has 1 aromatic heterocycles. The Kier molecular flexibility index (Phi) is 8.32. The van der Waals surface area contributed by atoms with Crippen LogP contribution in [-0.2, 0) is 15.9 Å². The molecule has 1 aliphatic carbocycles. The summed E-state index contributed by atoms with van der Waals surface area (Å²) in [4.78, 5) is 12.9. The van der Waals surface area contributed by atoms with E-state index in [0.717, 1.165) is 24.8 Å². The monoisotopic (exact) mass is 400 g/mol. The van der Waals surface area contributed by atoms with E-state index in [0.29, 0.717) is 43.5 Å². The molecule has 1 unspecified atom stereocenters. The van der Waals surface area contributed by atoms with Crippen molar-refractivity contribution in [3.8, 4) is 5.75 Å². The van der Waals surface area contributed by atoms with Crippen molar-refractivity contribution in [1.82, 2.24) is 0 Å². The highest BCUT2D eigenvalue weighted by molar-refractivity contribution is 5.40. The molecule has 1 aliphatic rings. The number of aryl methyl sites for hydroxylation is 1. The number of rotatable bonds is 10. The van der Waals surface area contributed by atoms with Crippen LogP contribution in [0.15, 0.2) is 45.6 Å². The van der Waals surface area contributed by atoms with Gasteiger partial charge in [0.05, 0.1) is 18.8 Å². The highest BCUT2D eigenvalue weighted by Crippen LogP contribution is 2.42. The van der Waals surface area contributed by atoms with Gasteiger partial charge < -0.3 is 19.0 Å². The molecule has 0 aliphatic heterocycles. The largest absolute Gasteiger partial charge is 0.507 e. The summed E-state index contributed by atoms with van der Waals surface area (Å²) in [5, 5.41) is 10.8. The summed E-state index contributed by atoms with van der Waals surface area (Å²) in [5.41, 5.74) is 1.06. The van der Waals surface area contributed by atoms with Crippen molar-refractivity contribution in [2.45, 2.75) is 50.9 Å². The molecule has 2 aromatic rings. The van der Waals surface area contributed by atoms with E-state index in [1.165, 1.54) is 19.3 Å². The summed E-state index contributed by atoms with van der Waals surface area (Å²) < 4.78 is 16.0. The van der Waals surface area contributed by atoms with Gasteiger partial charge in [-0.3, -0.25) is 0 Å².